The highest BCUT2D eigenvalue weighted by Gasteiger charge is 2.27. The number of fused-ring (bicyclic) bond motifs is 1. The largest absolute Gasteiger partial charge is 0.409 e. The Labute approximate surface area is 124 Å². The molecule has 0 radical (unpaired) electrons. The molecule has 2 aromatic rings. The van der Waals surface area contributed by atoms with E-state index in [2.05, 4.69) is 23.9 Å². The van der Waals surface area contributed by atoms with Gasteiger partial charge in [0, 0.05) is 24.0 Å². The van der Waals surface area contributed by atoms with E-state index in [-0.39, 0.29) is 5.84 Å². The zero-order chi connectivity index (χ0) is 15.0. The number of rotatable bonds is 2. The molecule has 0 amide bonds. The standard InChI is InChI=1S/C16H20N4O/c1-10-8-20(9-11(10)2)15-7-13(16(17)19-21)12-5-3-4-6-14(12)18-15/h3-7,10-11,21H,8-9H2,1-2H3,(H2,17,19). The number of hydrogen-bond donors (Lipinski definition) is 2. The van der Waals surface area contributed by atoms with E-state index in [1.165, 1.54) is 0 Å². The number of anilines is 1. The first-order valence-electron chi connectivity index (χ1n) is 7.22. The van der Waals surface area contributed by atoms with E-state index in [1.807, 2.05) is 30.3 Å². The Bertz CT molecular complexity index is 688. The molecule has 1 aliphatic rings. The molecule has 1 aromatic carbocycles. The molecule has 5 nitrogen and oxygen atoms in total. The lowest BCUT2D eigenvalue weighted by molar-refractivity contribution is 0.318. The molecule has 3 rings (SSSR count). The van der Waals surface area contributed by atoms with Crippen molar-refractivity contribution in [1.82, 2.24) is 4.98 Å². The van der Waals surface area contributed by atoms with Crippen molar-refractivity contribution in [3.05, 3.63) is 35.9 Å². The maximum Gasteiger partial charge on any atom is 0.170 e. The molecule has 0 spiro atoms. The molecule has 2 unspecified atom stereocenters. The van der Waals surface area contributed by atoms with Crippen molar-refractivity contribution >= 4 is 22.6 Å². The normalized spacial score (nSPS) is 23.0. The summed E-state index contributed by atoms with van der Waals surface area (Å²) in [7, 11) is 0. The minimum absolute atomic E-state index is 0.121. The molecule has 0 saturated carbocycles. The van der Waals surface area contributed by atoms with E-state index >= 15 is 0 Å². The van der Waals surface area contributed by atoms with Gasteiger partial charge in [0.2, 0.25) is 0 Å². The molecule has 1 saturated heterocycles. The van der Waals surface area contributed by atoms with E-state index in [1.54, 1.807) is 0 Å². The Kier molecular flexibility index (Phi) is 3.41. The summed E-state index contributed by atoms with van der Waals surface area (Å²) in [6.45, 7) is 6.50. The summed E-state index contributed by atoms with van der Waals surface area (Å²) in [5, 5.41) is 13.1. The van der Waals surface area contributed by atoms with Crippen molar-refractivity contribution in [3.63, 3.8) is 0 Å². The highest BCUT2D eigenvalue weighted by atomic mass is 16.4. The van der Waals surface area contributed by atoms with E-state index < -0.39 is 0 Å². The number of aromatic nitrogens is 1. The van der Waals surface area contributed by atoms with Gasteiger partial charge in [0.1, 0.15) is 5.82 Å². The summed E-state index contributed by atoms with van der Waals surface area (Å²) in [6.07, 6.45) is 0. The van der Waals surface area contributed by atoms with Crippen LogP contribution in [0.25, 0.3) is 10.9 Å². The second-order valence-corrected chi connectivity index (χ2v) is 5.89. The average molecular weight is 284 g/mol. The van der Waals surface area contributed by atoms with Crippen LogP contribution in [0, 0.1) is 11.8 Å². The number of pyridine rings is 1. The van der Waals surface area contributed by atoms with Gasteiger partial charge in [0.15, 0.2) is 5.84 Å². The van der Waals surface area contributed by atoms with Crippen LogP contribution in [0.2, 0.25) is 0 Å². The van der Waals surface area contributed by atoms with Gasteiger partial charge in [-0.25, -0.2) is 4.98 Å². The molecule has 1 aliphatic heterocycles. The Hall–Kier alpha value is -2.30. The fraction of sp³-hybridized carbons (Fsp3) is 0.375. The summed E-state index contributed by atoms with van der Waals surface area (Å²) < 4.78 is 0. The van der Waals surface area contributed by atoms with Gasteiger partial charge in [-0.3, -0.25) is 0 Å². The lowest BCUT2D eigenvalue weighted by Gasteiger charge is -2.19. The van der Waals surface area contributed by atoms with Crippen LogP contribution in [0.3, 0.4) is 0 Å². The van der Waals surface area contributed by atoms with E-state index in [0.717, 1.165) is 35.4 Å². The Morgan fingerprint density at radius 2 is 1.95 bits per heavy atom. The first-order chi connectivity index (χ1) is 10.1. The van der Waals surface area contributed by atoms with E-state index in [9.17, 15) is 0 Å². The summed E-state index contributed by atoms with van der Waals surface area (Å²) >= 11 is 0. The minimum atomic E-state index is 0.121. The fourth-order valence-electron chi connectivity index (χ4n) is 2.91. The Morgan fingerprint density at radius 1 is 1.29 bits per heavy atom. The molecule has 110 valence electrons. The Morgan fingerprint density at radius 3 is 2.62 bits per heavy atom. The van der Waals surface area contributed by atoms with Crippen LogP contribution in [-0.2, 0) is 0 Å². The van der Waals surface area contributed by atoms with Crippen LogP contribution in [0.15, 0.2) is 35.5 Å². The van der Waals surface area contributed by atoms with Gasteiger partial charge in [0.05, 0.1) is 5.52 Å². The summed E-state index contributed by atoms with van der Waals surface area (Å²) in [6, 6.07) is 9.69. The second kappa shape index (κ2) is 5.24. The Balaban J connectivity index is 2.12. The first kappa shape index (κ1) is 13.7. The maximum atomic E-state index is 9.02. The molecule has 21 heavy (non-hydrogen) atoms. The van der Waals surface area contributed by atoms with Crippen molar-refractivity contribution in [2.45, 2.75) is 13.8 Å². The van der Waals surface area contributed by atoms with E-state index in [4.69, 9.17) is 15.9 Å². The topological polar surface area (TPSA) is 74.7 Å². The number of hydrogen-bond acceptors (Lipinski definition) is 4. The maximum absolute atomic E-state index is 9.02. The monoisotopic (exact) mass is 284 g/mol. The first-order valence-corrected chi connectivity index (χ1v) is 7.22. The van der Waals surface area contributed by atoms with Crippen molar-refractivity contribution in [1.29, 1.82) is 0 Å². The van der Waals surface area contributed by atoms with Gasteiger partial charge >= 0.3 is 0 Å². The molecule has 5 heteroatoms. The lowest BCUT2D eigenvalue weighted by atomic mass is 10.0. The van der Waals surface area contributed by atoms with E-state index in [0.29, 0.717) is 11.8 Å². The predicted molar refractivity (Wildman–Crippen MR) is 84.8 cm³/mol. The molecular formula is C16H20N4O. The van der Waals surface area contributed by atoms with Crippen molar-refractivity contribution in [3.8, 4) is 0 Å². The van der Waals surface area contributed by atoms with Crippen LogP contribution >= 0.6 is 0 Å². The number of oxime groups is 1. The summed E-state index contributed by atoms with van der Waals surface area (Å²) in [5.41, 5.74) is 7.43. The van der Waals surface area contributed by atoms with Gasteiger partial charge in [-0.15, -0.1) is 0 Å². The van der Waals surface area contributed by atoms with Gasteiger partial charge in [0.25, 0.3) is 0 Å². The van der Waals surface area contributed by atoms with Crippen LogP contribution in [0.1, 0.15) is 19.4 Å². The van der Waals surface area contributed by atoms with Gasteiger partial charge in [-0.2, -0.15) is 0 Å². The number of nitrogens with two attached hydrogens (primary N) is 1. The van der Waals surface area contributed by atoms with Gasteiger partial charge in [-0.1, -0.05) is 37.2 Å². The average Bonchev–Trinajstić information content (AvgIpc) is 2.85. The predicted octanol–water partition coefficient (Wildman–Crippen LogP) is 2.42. The number of benzene rings is 1. The zero-order valence-corrected chi connectivity index (χ0v) is 12.3. The third-order valence-electron chi connectivity index (χ3n) is 4.40. The quantitative estimate of drug-likeness (QED) is 0.384. The second-order valence-electron chi connectivity index (χ2n) is 5.89. The minimum Gasteiger partial charge on any atom is -0.409 e. The van der Waals surface area contributed by atoms with Crippen molar-refractivity contribution < 1.29 is 5.21 Å². The van der Waals surface area contributed by atoms with Gasteiger partial charge < -0.3 is 15.8 Å². The molecule has 0 bridgehead atoms. The number of para-hydroxylation sites is 1. The lowest BCUT2D eigenvalue weighted by Crippen LogP contribution is -2.22. The van der Waals surface area contributed by atoms with Crippen LogP contribution < -0.4 is 10.6 Å². The van der Waals surface area contributed by atoms with Crippen LogP contribution in [0.4, 0.5) is 5.82 Å². The molecule has 1 fully saturated rings. The fourth-order valence-corrected chi connectivity index (χ4v) is 2.91. The molecule has 1 aromatic heterocycles. The highest BCUT2D eigenvalue weighted by molar-refractivity contribution is 6.08. The third kappa shape index (κ3) is 2.39. The SMILES string of the molecule is CC1CN(c2cc(C(N)=NO)c3ccccc3n2)CC1C. The third-order valence-corrected chi connectivity index (χ3v) is 4.40. The zero-order valence-electron chi connectivity index (χ0n) is 12.3. The number of nitrogens with zero attached hydrogens (tertiary/aromatic N) is 3. The summed E-state index contributed by atoms with van der Waals surface area (Å²) in [5.74, 6) is 2.30. The summed E-state index contributed by atoms with van der Waals surface area (Å²) in [4.78, 5) is 7.01. The molecule has 2 heterocycles. The van der Waals surface area contributed by atoms with Crippen LogP contribution in [-0.4, -0.2) is 29.1 Å². The molecule has 2 atom stereocenters. The number of amidine groups is 1. The van der Waals surface area contributed by atoms with Gasteiger partial charge in [-0.05, 0) is 24.0 Å². The highest BCUT2D eigenvalue weighted by Crippen LogP contribution is 2.29. The molecule has 3 N–H and O–H groups in total. The molecular weight excluding hydrogens is 264 g/mol. The molecule has 0 aliphatic carbocycles. The van der Waals surface area contributed by atoms with Crippen LogP contribution in [0.5, 0.6) is 0 Å². The van der Waals surface area contributed by atoms with Crippen molar-refractivity contribution in [2.75, 3.05) is 18.0 Å². The van der Waals surface area contributed by atoms with Crippen molar-refractivity contribution in [2.24, 2.45) is 22.7 Å². The smallest absolute Gasteiger partial charge is 0.170 e.